The van der Waals surface area contributed by atoms with Crippen molar-refractivity contribution in [2.24, 2.45) is 0 Å². The molecule has 0 spiro atoms. The SMILES string of the molecule is COc1ccc(C(=O)N2CCC(NC(=O)CCl)CC2)cc1. The van der Waals surface area contributed by atoms with Crippen LogP contribution >= 0.6 is 11.6 Å². The standard InChI is InChI=1S/C15H19ClN2O3/c1-21-13-4-2-11(3-5-13)15(20)18-8-6-12(7-9-18)17-14(19)10-16/h2-5,12H,6-10H2,1H3,(H,17,19). The second-order valence-corrected chi connectivity index (χ2v) is 5.26. The molecular formula is C15H19ClN2O3. The maximum absolute atomic E-state index is 12.4. The molecule has 0 radical (unpaired) electrons. The minimum absolute atomic E-state index is 0.0137. The number of amides is 2. The Morgan fingerprint density at radius 1 is 1.29 bits per heavy atom. The number of alkyl halides is 1. The molecule has 1 aromatic carbocycles. The van der Waals surface area contributed by atoms with Gasteiger partial charge >= 0.3 is 0 Å². The van der Waals surface area contributed by atoms with E-state index in [0.717, 1.165) is 18.6 Å². The van der Waals surface area contributed by atoms with Crippen LogP contribution in [0.2, 0.25) is 0 Å². The molecule has 0 unspecified atom stereocenters. The first-order chi connectivity index (χ1) is 10.1. The van der Waals surface area contributed by atoms with Crippen molar-refractivity contribution in [1.29, 1.82) is 0 Å². The summed E-state index contributed by atoms with van der Waals surface area (Å²) in [5.41, 5.74) is 0.652. The Kier molecular flexibility index (Phi) is 5.44. The van der Waals surface area contributed by atoms with Gasteiger partial charge in [-0.25, -0.2) is 0 Å². The molecule has 5 nitrogen and oxygen atoms in total. The lowest BCUT2D eigenvalue weighted by Crippen LogP contribution is -2.46. The van der Waals surface area contributed by atoms with Gasteiger partial charge in [0.15, 0.2) is 0 Å². The Balaban J connectivity index is 1.89. The van der Waals surface area contributed by atoms with Crippen LogP contribution in [0.5, 0.6) is 5.75 Å². The number of carbonyl (C=O) groups excluding carboxylic acids is 2. The van der Waals surface area contributed by atoms with Gasteiger partial charge in [0.05, 0.1) is 7.11 Å². The molecule has 1 heterocycles. The van der Waals surface area contributed by atoms with E-state index in [2.05, 4.69) is 5.32 Å². The number of hydrogen-bond donors (Lipinski definition) is 1. The zero-order valence-corrected chi connectivity index (χ0v) is 12.7. The van der Waals surface area contributed by atoms with Gasteiger partial charge in [0.2, 0.25) is 5.91 Å². The first-order valence-corrected chi connectivity index (χ1v) is 7.46. The summed E-state index contributed by atoms with van der Waals surface area (Å²) < 4.78 is 5.08. The van der Waals surface area contributed by atoms with Gasteiger partial charge in [0, 0.05) is 24.7 Å². The number of methoxy groups -OCH3 is 1. The molecule has 2 amide bonds. The molecule has 1 aliphatic rings. The van der Waals surface area contributed by atoms with E-state index in [9.17, 15) is 9.59 Å². The van der Waals surface area contributed by atoms with E-state index in [1.165, 1.54) is 0 Å². The molecular weight excluding hydrogens is 292 g/mol. The highest BCUT2D eigenvalue weighted by molar-refractivity contribution is 6.27. The third-order valence-electron chi connectivity index (χ3n) is 3.61. The van der Waals surface area contributed by atoms with Gasteiger partial charge in [-0.05, 0) is 37.1 Å². The maximum atomic E-state index is 12.4. The number of carbonyl (C=O) groups is 2. The zero-order chi connectivity index (χ0) is 15.2. The first-order valence-electron chi connectivity index (χ1n) is 6.92. The van der Waals surface area contributed by atoms with Crippen molar-refractivity contribution >= 4 is 23.4 Å². The van der Waals surface area contributed by atoms with Gasteiger partial charge in [-0.3, -0.25) is 9.59 Å². The van der Waals surface area contributed by atoms with Crippen molar-refractivity contribution < 1.29 is 14.3 Å². The third-order valence-corrected chi connectivity index (χ3v) is 3.85. The van der Waals surface area contributed by atoms with Gasteiger partial charge in [-0.15, -0.1) is 11.6 Å². The van der Waals surface area contributed by atoms with Crippen LogP contribution < -0.4 is 10.1 Å². The predicted octanol–water partition coefficient (Wildman–Crippen LogP) is 1.65. The van der Waals surface area contributed by atoms with Crippen LogP contribution in [0.4, 0.5) is 0 Å². The second kappa shape index (κ2) is 7.31. The second-order valence-electron chi connectivity index (χ2n) is 5.00. The minimum Gasteiger partial charge on any atom is -0.497 e. The van der Waals surface area contributed by atoms with E-state index < -0.39 is 0 Å². The molecule has 1 aliphatic heterocycles. The summed E-state index contributed by atoms with van der Waals surface area (Å²) in [5, 5.41) is 2.86. The van der Waals surface area contributed by atoms with Crippen molar-refractivity contribution in [3.05, 3.63) is 29.8 Å². The van der Waals surface area contributed by atoms with Crippen molar-refractivity contribution in [2.75, 3.05) is 26.1 Å². The van der Waals surface area contributed by atoms with E-state index in [-0.39, 0.29) is 23.7 Å². The first kappa shape index (κ1) is 15.6. The molecule has 1 aromatic rings. The smallest absolute Gasteiger partial charge is 0.253 e. The van der Waals surface area contributed by atoms with Crippen LogP contribution in [-0.2, 0) is 4.79 Å². The van der Waals surface area contributed by atoms with E-state index in [4.69, 9.17) is 16.3 Å². The minimum atomic E-state index is -0.156. The predicted molar refractivity (Wildman–Crippen MR) is 80.8 cm³/mol. The number of piperidine rings is 1. The summed E-state index contributed by atoms with van der Waals surface area (Å²) in [4.78, 5) is 25.4. The summed E-state index contributed by atoms with van der Waals surface area (Å²) in [5.74, 6) is 0.566. The highest BCUT2D eigenvalue weighted by Gasteiger charge is 2.24. The molecule has 21 heavy (non-hydrogen) atoms. The quantitative estimate of drug-likeness (QED) is 0.860. The molecule has 114 valence electrons. The average molecular weight is 311 g/mol. The summed E-state index contributed by atoms with van der Waals surface area (Å²) >= 11 is 5.47. The Bertz CT molecular complexity index is 496. The molecule has 2 rings (SSSR count). The highest BCUT2D eigenvalue weighted by atomic mass is 35.5. The Morgan fingerprint density at radius 2 is 1.90 bits per heavy atom. The summed E-state index contributed by atoms with van der Waals surface area (Å²) in [7, 11) is 1.59. The van der Waals surface area contributed by atoms with Gasteiger partial charge < -0.3 is 15.0 Å². The summed E-state index contributed by atoms with van der Waals surface area (Å²) in [6.45, 7) is 1.27. The lowest BCUT2D eigenvalue weighted by molar-refractivity contribution is -0.119. The number of halogens is 1. The van der Waals surface area contributed by atoms with Crippen LogP contribution in [-0.4, -0.2) is 48.8 Å². The fraction of sp³-hybridized carbons (Fsp3) is 0.467. The van der Waals surface area contributed by atoms with Crippen LogP contribution in [0.25, 0.3) is 0 Å². The average Bonchev–Trinajstić information content (AvgIpc) is 2.55. The highest BCUT2D eigenvalue weighted by Crippen LogP contribution is 2.16. The third kappa shape index (κ3) is 4.11. The summed E-state index contributed by atoms with van der Waals surface area (Å²) in [6.07, 6.45) is 1.51. The fourth-order valence-electron chi connectivity index (χ4n) is 2.41. The number of ether oxygens (including phenoxy) is 1. The number of rotatable bonds is 4. The number of nitrogens with zero attached hydrogens (tertiary/aromatic N) is 1. The zero-order valence-electron chi connectivity index (χ0n) is 12.0. The number of likely N-dealkylation sites (tertiary alicyclic amines) is 1. The van der Waals surface area contributed by atoms with Gasteiger partial charge in [0.1, 0.15) is 11.6 Å². The van der Waals surface area contributed by atoms with Crippen molar-refractivity contribution in [3.63, 3.8) is 0 Å². The monoisotopic (exact) mass is 310 g/mol. The van der Waals surface area contributed by atoms with E-state index in [1.54, 1.807) is 31.4 Å². The van der Waals surface area contributed by atoms with Crippen molar-refractivity contribution in [2.45, 2.75) is 18.9 Å². The van der Waals surface area contributed by atoms with Crippen molar-refractivity contribution in [1.82, 2.24) is 10.2 Å². The van der Waals surface area contributed by atoms with Gasteiger partial charge in [-0.1, -0.05) is 0 Å². The van der Waals surface area contributed by atoms with E-state index in [1.807, 2.05) is 4.90 Å². The molecule has 0 atom stereocenters. The topological polar surface area (TPSA) is 58.6 Å². The van der Waals surface area contributed by atoms with E-state index >= 15 is 0 Å². The lowest BCUT2D eigenvalue weighted by Gasteiger charge is -2.32. The molecule has 1 N–H and O–H groups in total. The maximum Gasteiger partial charge on any atom is 0.253 e. The normalized spacial score (nSPS) is 15.6. The molecule has 0 aliphatic carbocycles. The fourth-order valence-corrected chi connectivity index (χ4v) is 2.49. The van der Waals surface area contributed by atoms with Crippen LogP contribution in [0, 0.1) is 0 Å². The molecule has 0 aromatic heterocycles. The number of benzene rings is 1. The Labute approximate surface area is 129 Å². The number of hydrogen-bond acceptors (Lipinski definition) is 3. The van der Waals surface area contributed by atoms with Crippen LogP contribution in [0.3, 0.4) is 0 Å². The Morgan fingerprint density at radius 3 is 2.43 bits per heavy atom. The Hall–Kier alpha value is -1.75. The van der Waals surface area contributed by atoms with Crippen LogP contribution in [0.1, 0.15) is 23.2 Å². The summed E-state index contributed by atoms with van der Waals surface area (Å²) in [6, 6.07) is 7.20. The molecule has 1 fully saturated rings. The molecule has 0 bridgehead atoms. The lowest BCUT2D eigenvalue weighted by atomic mass is 10.0. The van der Waals surface area contributed by atoms with E-state index in [0.29, 0.717) is 18.7 Å². The van der Waals surface area contributed by atoms with Gasteiger partial charge in [0.25, 0.3) is 5.91 Å². The molecule has 6 heteroatoms. The largest absolute Gasteiger partial charge is 0.497 e. The van der Waals surface area contributed by atoms with Gasteiger partial charge in [-0.2, -0.15) is 0 Å². The van der Waals surface area contributed by atoms with Crippen LogP contribution in [0.15, 0.2) is 24.3 Å². The molecule has 1 saturated heterocycles. The number of nitrogens with one attached hydrogen (secondary N) is 1. The molecule has 0 saturated carbocycles. The van der Waals surface area contributed by atoms with Crippen molar-refractivity contribution in [3.8, 4) is 5.75 Å².